The number of thiophene rings is 3. The van der Waals surface area contributed by atoms with Gasteiger partial charge in [0.05, 0.1) is 0 Å². The molecule has 0 radical (unpaired) electrons. The molecule has 0 amide bonds. The highest BCUT2D eigenvalue weighted by Gasteiger charge is 2.17. The van der Waals surface area contributed by atoms with Gasteiger partial charge in [-0.05, 0) is 53.6 Å². The van der Waals surface area contributed by atoms with E-state index in [1.54, 1.807) is 11.3 Å². The van der Waals surface area contributed by atoms with E-state index in [1.807, 2.05) is 34.8 Å². The zero-order valence-electron chi connectivity index (χ0n) is 17.2. The molecule has 152 valence electrons. The molecule has 0 saturated heterocycles. The largest absolute Gasteiger partial charge is 0.371 e. The van der Waals surface area contributed by atoms with Crippen LogP contribution in [0.2, 0.25) is 0 Å². The molecule has 0 unspecified atom stereocenters. The van der Waals surface area contributed by atoms with E-state index in [0.29, 0.717) is 0 Å². The van der Waals surface area contributed by atoms with Crippen molar-refractivity contribution in [3.63, 3.8) is 0 Å². The van der Waals surface area contributed by atoms with Crippen molar-refractivity contribution in [1.29, 1.82) is 5.26 Å². The summed E-state index contributed by atoms with van der Waals surface area (Å²) in [5.41, 5.74) is 3.83. The molecule has 0 N–H and O–H groups in total. The number of hydrogen-bond donors (Lipinski definition) is 0. The summed E-state index contributed by atoms with van der Waals surface area (Å²) in [5, 5.41) is 14.5. The quantitative estimate of drug-likeness (QED) is 0.258. The smallest absolute Gasteiger partial charge is 0.110 e. The minimum atomic E-state index is 0.756. The van der Waals surface area contributed by atoms with Crippen molar-refractivity contribution in [2.24, 2.45) is 0 Å². The number of nitrogens with zero attached hydrogens (tertiary/aromatic N) is 2. The molecule has 6 aromatic rings. The third-order valence-corrected chi connectivity index (χ3v) is 9.60. The molecular weight excluding hydrogens is 449 g/mol. The SMILES string of the molecule is CN1CC=C1c1ccc2c(c1)sc1cc3c(cc12)sc1cc(-c2ccc(C#N)s2)ccc13. The van der Waals surface area contributed by atoms with E-state index in [1.165, 1.54) is 57.2 Å². The lowest BCUT2D eigenvalue weighted by Gasteiger charge is -2.29. The number of likely N-dealkylation sites (N-methyl/N-ethyl adjacent to an activating group) is 1. The molecule has 0 saturated carbocycles. The summed E-state index contributed by atoms with van der Waals surface area (Å²) in [6, 6.07) is 24.5. The van der Waals surface area contributed by atoms with E-state index in [9.17, 15) is 0 Å². The maximum atomic E-state index is 9.14. The van der Waals surface area contributed by atoms with E-state index >= 15 is 0 Å². The van der Waals surface area contributed by atoms with Crippen LogP contribution in [-0.4, -0.2) is 18.5 Å². The normalized spacial score (nSPS) is 13.8. The van der Waals surface area contributed by atoms with Gasteiger partial charge in [0.1, 0.15) is 10.9 Å². The van der Waals surface area contributed by atoms with Crippen molar-refractivity contribution in [3.8, 4) is 16.5 Å². The third kappa shape index (κ3) is 2.61. The fourth-order valence-electron chi connectivity index (χ4n) is 4.61. The monoisotopic (exact) mass is 464 g/mol. The predicted molar refractivity (Wildman–Crippen MR) is 141 cm³/mol. The van der Waals surface area contributed by atoms with Crippen LogP contribution < -0.4 is 0 Å². The van der Waals surface area contributed by atoms with Gasteiger partial charge in [-0.2, -0.15) is 5.26 Å². The Labute approximate surface area is 196 Å². The number of benzene rings is 3. The molecule has 1 aliphatic rings. The van der Waals surface area contributed by atoms with Gasteiger partial charge in [-0.15, -0.1) is 34.0 Å². The standard InChI is InChI=1S/C27H16N2S3/c1-29-9-8-22(29)15-2-5-18-20-12-27-21(13-26(20)31-24(18)10-15)19-6-3-16(11-25(19)32-27)23-7-4-17(14-28)30-23/h2-8,10-13H,9H2,1H3. The first-order valence-electron chi connectivity index (χ1n) is 10.4. The fourth-order valence-corrected chi connectivity index (χ4v) is 7.75. The maximum absolute atomic E-state index is 9.14. The molecular formula is C27H16N2S3. The van der Waals surface area contributed by atoms with Crippen molar-refractivity contribution < 1.29 is 0 Å². The molecule has 7 rings (SSSR count). The molecule has 5 heteroatoms. The second-order valence-corrected chi connectivity index (χ2v) is 11.5. The average molecular weight is 465 g/mol. The summed E-state index contributed by atoms with van der Waals surface area (Å²) in [6.07, 6.45) is 2.29. The van der Waals surface area contributed by atoms with Crippen LogP contribution in [0.25, 0.3) is 56.5 Å². The molecule has 2 nitrogen and oxygen atoms in total. The summed E-state index contributed by atoms with van der Waals surface area (Å²) in [7, 11) is 2.15. The molecule has 0 bridgehead atoms. The third-order valence-electron chi connectivity index (χ3n) is 6.33. The van der Waals surface area contributed by atoms with Gasteiger partial charge in [0, 0.05) is 64.5 Å². The van der Waals surface area contributed by atoms with Gasteiger partial charge in [0.15, 0.2) is 0 Å². The van der Waals surface area contributed by atoms with Gasteiger partial charge in [0.2, 0.25) is 0 Å². The van der Waals surface area contributed by atoms with Gasteiger partial charge < -0.3 is 4.90 Å². The zero-order valence-corrected chi connectivity index (χ0v) is 19.6. The minimum absolute atomic E-state index is 0.756. The topological polar surface area (TPSA) is 27.0 Å². The minimum Gasteiger partial charge on any atom is -0.371 e. The van der Waals surface area contributed by atoms with Gasteiger partial charge in [-0.25, -0.2) is 0 Å². The van der Waals surface area contributed by atoms with Crippen LogP contribution in [0, 0.1) is 11.3 Å². The van der Waals surface area contributed by atoms with Gasteiger partial charge in [-0.3, -0.25) is 0 Å². The molecule has 0 spiro atoms. The van der Waals surface area contributed by atoms with Gasteiger partial charge in [-0.1, -0.05) is 24.3 Å². The number of fused-ring (bicyclic) bond motifs is 6. The molecule has 32 heavy (non-hydrogen) atoms. The Morgan fingerprint density at radius 3 is 1.91 bits per heavy atom. The lowest BCUT2D eigenvalue weighted by Crippen LogP contribution is -2.25. The first kappa shape index (κ1) is 18.4. The van der Waals surface area contributed by atoms with E-state index in [4.69, 9.17) is 5.26 Å². The van der Waals surface area contributed by atoms with Crippen LogP contribution >= 0.6 is 34.0 Å². The summed E-state index contributed by atoms with van der Waals surface area (Å²) in [6.45, 7) is 1.04. The molecule has 3 aromatic heterocycles. The summed E-state index contributed by atoms with van der Waals surface area (Å²) >= 11 is 5.30. The predicted octanol–water partition coefficient (Wildman–Crippen LogP) is 8.31. The Bertz CT molecular complexity index is 1790. The van der Waals surface area contributed by atoms with Crippen LogP contribution in [0.15, 0.2) is 66.7 Å². The molecule has 0 aliphatic carbocycles. The Balaban J connectivity index is 1.39. The van der Waals surface area contributed by atoms with Crippen LogP contribution in [0.5, 0.6) is 0 Å². The Kier molecular flexibility index (Phi) is 3.83. The number of rotatable bonds is 2. The van der Waals surface area contributed by atoms with Gasteiger partial charge >= 0.3 is 0 Å². The van der Waals surface area contributed by atoms with Crippen molar-refractivity contribution in [2.75, 3.05) is 13.6 Å². The lowest BCUT2D eigenvalue weighted by molar-refractivity contribution is 0.491. The van der Waals surface area contributed by atoms with Crippen molar-refractivity contribution in [2.45, 2.75) is 0 Å². The van der Waals surface area contributed by atoms with Crippen LogP contribution in [0.3, 0.4) is 0 Å². The molecule has 0 fully saturated rings. The average Bonchev–Trinajstić information content (AvgIpc) is 3.50. The summed E-state index contributed by atoms with van der Waals surface area (Å²) in [4.78, 5) is 4.20. The van der Waals surface area contributed by atoms with E-state index in [-0.39, 0.29) is 0 Å². The highest BCUT2D eigenvalue weighted by atomic mass is 32.1. The Morgan fingerprint density at radius 1 is 0.719 bits per heavy atom. The van der Waals surface area contributed by atoms with E-state index in [2.05, 4.69) is 72.6 Å². The first-order chi connectivity index (χ1) is 15.7. The molecule has 3 aromatic carbocycles. The Morgan fingerprint density at radius 2 is 1.34 bits per heavy atom. The zero-order chi connectivity index (χ0) is 21.4. The van der Waals surface area contributed by atoms with Crippen molar-refractivity contribution in [1.82, 2.24) is 4.90 Å². The van der Waals surface area contributed by atoms with Crippen LogP contribution in [0.4, 0.5) is 0 Å². The van der Waals surface area contributed by atoms with Crippen LogP contribution in [-0.2, 0) is 0 Å². The van der Waals surface area contributed by atoms with Crippen molar-refractivity contribution >= 4 is 80.1 Å². The number of nitriles is 1. The highest BCUT2D eigenvalue weighted by Crippen LogP contribution is 2.43. The van der Waals surface area contributed by atoms with E-state index < -0.39 is 0 Å². The van der Waals surface area contributed by atoms with E-state index in [0.717, 1.165) is 16.3 Å². The van der Waals surface area contributed by atoms with Gasteiger partial charge in [0.25, 0.3) is 0 Å². The molecule has 0 atom stereocenters. The maximum Gasteiger partial charge on any atom is 0.110 e. The second-order valence-electron chi connectivity index (χ2n) is 8.22. The molecule has 4 heterocycles. The summed E-state index contributed by atoms with van der Waals surface area (Å²) in [5.74, 6) is 0. The second kappa shape index (κ2) is 6.66. The number of hydrogen-bond acceptors (Lipinski definition) is 5. The lowest BCUT2D eigenvalue weighted by atomic mass is 10.0. The molecule has 1 aliphatic heterocycles. The fraction of sp³-hybridized carbons (Fsp3) is 0.0741. The van der Waals surface area contributed by atoms with Crippen molar-refractivity contribution in [3.05, 3.63) is 77.2 Å². The van der Waals surface area contributed by atoms with Crippen LogP contribution in [0.1, 0.15) is 10.4 Å². The first-order valence-corrected chi connectivity index (χ1v) is 12.9. The highest BCUT2D eigenvalue weighted by molar-refractivity contribution is 7.27. The summed E-state index contributed by atoms with van der Waals surface area (Å²) < 4.78 is 5.34. The Hall–Kier alpha value is -3.17.